The number of rotatable bonds is 6. The van der Waals surface area contributed by atoms with Gasteiger partial charge >= 0.3 is 0 Å². The van der Waals surface area contributed by atoms with Gasteiger partial charge in [-0.1, -0.05) is 0 Å². The molecule has 1 saturated heterocycles. The molecule has 3 atom stereocenters. The molecule has 0 amide bonds. The van der Waals surface area contributed by atoms with Crippen LogP contribution in [0.1, 0.15) is 50.0 Å². The summed E-state index contributed by atoms with van der Waals surface area (Å²) in [5, 5.41) is 3.45. The van der Waals surface area contributed by atoms with Gasteiger partial charge in [-0.3, -0.25) is 0 Å². The Labute approximate surface area is 156 Å². The molecule has 1 aromatic rings. The fraction of sp³-hybridized carbons (Fsp3) is 0.684. The zero-order chi connectivity index (χ0) is 18.5. The summed E-state index contributed by atoms with van der Waals surface area (Å²) >= 11 is 0. The molecule has 1 aliphatic carbocycles. The summed E-state index contributed by atoms with van der Waals surface area (Å²) in [6.07, 6.45) is 7.19. The Balaban J connectivity index is 1.48. The third-order valence-corrected chi connectivity index (χ3v) is 6.12. The van der Waals surface area contributed by atoms with Crippen molar-refractivity contribution in [3.8, 4) is 0 Å². The molecular weight excluding hydrogens is 358 g/mol. The van der Waals surface area contributed by atoms with Crippen molar-refractivity contribution in [3.05, 3.63) is 35.4 Å². The number of piperidine rings is 1. The number of hydrogen-bond acceptors (Lipinski definition) is 3. The summed E-state index contributed by atoms with van der Waals surface area (Å²) in [5.41, 5.74) is 0.493. The zero-order valence-electron chi connectivity index (χ0n) is 15.2. The SMILES string of the molecule is CS(=O)NC1CCCNC1COC1CCC(c2cc(F)ccc2F)CC1. The van der Waals surface area contributed by atoms with Crippen molar-refractivity contribution >= 4 is 11.0 Å². The maximum atomic E-state index is 14.0. The van der Waals surface area contributed by atoms with Gasteiger partial charge in [-0.2, -0.15) is 0 Å². The molecule has 0 bridgehead atoms. The number of benzene rings is 1. The second kappa shape index (κ2) is 9.35. The predicted molar refractivity (Wildman–Crippen MR) is 99.3 cm³/mol. The van der Waals surface area contributed by atoms with Crippen LogP contribution in [-0.4, -0.2) is 41.8 Å². The molecule has 0 aromatic heterocycles. The van der Waals surface area contributed by atoms with Gasteiger partial charge in [0.05, 0.1) is 23.7 Å². The fourth-order valence-corrected chi connectivity index (χ4v) is 4.80. The predicted octanol–water partition coefficient (Wildman–Crippen LogP) is 3.01. The van der Waals surface area contributed by atoms with E-state index in [1.807, 2.05) is 0 Å². The van der Waals surface area contributed by atoms with Gasteiger partial charge in [-0.25, -0.2) is 17.7 Å². The monoisotopic (exact) mass is 386 g/mol. The van der Waals surface area contributed by atoms with Gasteiger partial charge in [0.2, 0.25) is 0 Å². The van der Waals surface area contributed by atoms with E-state index in [2.05, 4.69) is 10.0 Å². The molecular formula is C19H28F2N2O2S. The molecule has 1 aliphatic heterocycles. The first kappa shape index (κ1) is 19.9. The highest BCUT2D eigenvalue weighted by atomic mass is 32.2. The topological polar surface area (TPSA) is 50.4 Å². The normalized spacial score (nSPS) is 30.9. The van der Waals surface area contributed by atoms with Crippen LogP contribution in [0.3, 0.4) is 0 Å². The zero-order valence-corrected chi connectivity index (χ0v) is 16.0. The van der Waals surface area contributed by atoms with Crippen molar-refractivity contribution in [1.29, 1.82) is 0 Å². The standard InChI is InChI=1S/C19H28F2N2O2S/c1-26(24)23-18-3-2-10-22-19(18)12-25-15-7-4-13(5-8-15)16-11-14(20)6-9-17(16)21/h6,9,11,13,15,18-19,22-23H,2-5,7-8,10,12H2,1H3. The van der Waals surface area contributed by atoms with E-state index in [4.69, 9.17) is 4.74 Å². The Hall–Kier alpha value is -0.890. The molecule has 3 unspecified atom stereocenters. The van der Waals surface area contributed by atoms with Gasteiger partial charge in [-0.05, 0) is 74.8 Å². The number of halogens is 2. The van der Waals surface area contributed by atoms with E-state index in [-0.39, 0.29) is 35.7 Å². The van der Waals surface area contributed by atoms with Crippen LogP contribution >= 0.6 is 0 Å². The van der Waals surface area contributed by atoms with E-state index in [0.717, 1.165) is 45.1 Å². The van der Waals surface area contributed by atoms with Gasteiger partial charge < -0.3 is 10.1 Å². The highest BCUT2D eigenvalue weighted by molar-refractivity contribution is 7.82. The van der Waals surface area contributed by atoms with E-state index in [9.17, 15) is 13.0 Å². The minimum absolute atomic E-state index is 0.0651. The molecule has 2 fully saturated rings. The summed E-state index contributed by atoms with van der Waals surface area (Å²) in [6, 6.07) is 4.03. The summed E-state index contributed by atoms with van der Waals surface area (Å²) < 4.78 is 48.0. The second-order valence-electron chi connectivity index (χ2n) is 7.35. The van der Waals surface area contributed by atoms with E-state index in [1.165, 1.54) is 18.2 Å². The largest absolute Gasteiger partial charge is 0.377 e. The summed E-state index contributed by atoms with van der Waals surface area (Å²) in [5.74, 6) is -0.631. The summed E-state index contributed by atoms with van der Waals surface area (Å²) in [7, 11) is -1.03. The fourth-order valence-electron chi connectivity index (χ4n) is 4.09. The Bertz CT molecular complexity index is 624. The Morgan fingerprint density at radius 2 is 2.00 bits per heavy atom. The van der Waals surface area contributed by atoms with Crippen molar-refractivity contribution in [1.82, 2.24) is 10.0 Å². The van der Waals surface area contributed by atoms with Crippen LogP contribution in [0.25, 0.3) is 0 Å². The lowest BCUT2D eigenvalue weighted by molar-refractivity contribution is 0.00513. The van der Waals surface area contributed by atoms with Crippen LogP contribution < -0.4 is 10.0 Å². The van der Waals surface area contributed by atoms with Crippen LogP contribution in [0, 0.1) is 11.6 Å². The molecule has 146 valence electrons. The molecule has 1 saturated carbocycles. The van der Waals surface area contributed by atoms with Gasteiger partial charge in [0.15, 0.2) is 0 Å². The van der Waals surface area contributed by atoms with Crippen molar-refractivity contribution in [2.45, 2.75) is 62.6 Å². The lowest BCUT2D eigenvalue weighted by Crippen LogP contribution is -2.54. The first-order valence-corrected chi connectivity index (χ1v) is 11.0. The number of nitrogens with one attached hydrogen (secondary N) is 2. The minimum Gasteiger partial charge on any atom is -0.377 e. The van der Waals surface area contributed by atoms with E-state index >= 15 is 0 Å². The lowest BCUT2D eigenvalue weighted by Gasteiger charge is -2.35. The average molecular weight is 387 g/mol. The van der Waals surface area contributed by atoms with Crippen molar-refractivity contribution in [2.75, 3.05) is 19.4 Å². The number of ether oxygens (including phenoxy) is 1. The average Bonchev–Trinajstić information content (AvgIpc) is 2.63. The Morgan fingerprint density at radius 3 is 2.73 bits per heavy atom. The van der Waals surface area contributed by atoms with Crippen LogP contribution in [0.4, 0.5) is 8.78 Å². The molecule has 26 heavy (non-hydrogen) atoms. The first-order valence-electron chi connectivity index (χ1n) is 9.42. The van der Waals surface area contributed by atoms with Gasteiger partial charge in [0, 0.05) is 18.3 Å². The molecule has 1 heterocycles. The molecule has 1 aromatic carbocycles. The van der Waals surface area contributed by atoms with Gasteiger partial charge in [-0.15, -0.1) is 0 Å². The Kier molecular flexibility index (Phi) is 7.14. The molecule has 0 spiro atoms. The molecule has 4 nitrogen and oxygen atoms in total. The maximum Gasteiger partial charge on any atom is 0.126 e. The minimum atomic E-state index is -1.03. The van der Waals surface area contributed by atoms with Crippen LogP contribution in [-0.2, 0) is 15.7 Å². The summed E-state index contributed by atoms with van der Waals surface area (Å²) in [4.78, 5) is 0. The smallest absolute Gasteiger partial charge is 0.126 e. The third-order valence-electron chi connectivity index (χ3n) is 5.49. The number of hydrogen-bond donors (Lipinski definition) is 2. The molecule has 3 rings (SSSR count). The quantitative estimate of drug-likeness (QED) is 0.790. The first-order chi connectivity index (χ1) is 12.5. The van der Waals surface area contributed by atoms with E-state index in [0.29, 0.717) is 12.2 Å². The lowest BCUT2D eigenvalue weighted by atomic mass is 9.82. The second-order valence-corrected chi connectivity index (χ2v) is 8.50. The summed E-state index contributed by atoms with van der Waals surface area (Å²) in [6.45, 7) is 1.53. The van der Waals surface area contributed by atoms with Gasteiger partial charge in [0.25, 0.3) is 0 Å². The molecule has 2 N–H and O–H groups in total. The molecule has 0 radical (unpaired) electrons. The van der Waals surface area contributed by atoms with Crippen molar-refractivity contribution in [3.63, 3.8) is 0 Å². The van der Waals surface area contributed by atoms with Crippen molar-refractivity contribution in [2.24, 2.45) is 0 Å². The third kappa shape index (κ3) is 5.31. The maximum absolute atomic E-state index is 14.0. The molecule has 2 aliphatic rings. The van der Waals surface area contributed by atoms with Crippen LogP contribution in [0.2, 0.25) is 0 Å². The van der Waals surface area contributed by atoms with E-state index in [1.54, 1.807) is 6.26 Å². The Morgan fingerprint density at radius 1 is 1.23 bits per heavy atom. The van der Waals surface area contributed by atoms with Crippen LogP contribution in [0.5, 0.6) is 0 Å². The van der Waals surface area contributed by atoms with Crippen molar-refractivity contribution < 1.29 is 17.7 Å². The van der Waals surface area contributed by atoms with E-state index < -0.39 is 11.0 Å². The highest BCUT2D eigenvalue weighted by Crippen LogP contribution is 2.35. The molecule has 7 heteroatoms. The van der Waals surface area contributed by atoms with Crippen LogP contribution in [0.15, 0.2) is 18.2 Å². The van der Waals surface area contributed by atoms with Gasteiger partial charge in [0.1, 0.15) is 11.6 Å². The highest BCUT2D eigenvalue weighted by Gasteiger charge is 2.29.